The SMILES string of the molecule is COc1ccc(Cl)cc1-c1ncncc1Cl. The maximum Gasteiger partial charge on any atom is 0.128 e. The van der Waals surface area contributed by atoms with Gasteiger partial charge in [0.1, 0.15) is 12.1 Å². The summed E-state index contributed by atoms with van der Waals surface area (Å²) in [5.74, 6) is 0.671. The summed E-state index contributed by atoms with van der Waals surface area (Å²) in [5, 5.41) is 1.06. The molecule has 0 spiro atoms. The minimum absolute atomic E-state index is 0.461. The van der Waals surface area contributed by atoms with Gasteiger partial charge in [0.05, 0.1) is 17.8 Å². The Morgan fingerprint density at radius 3 is 2.75 bits per heavy atom. The van der Waals surface area contributed by atoms with Crippen molar-refractivity contribution in [1.82, 2.24) is 9.97 Å². The van der Waals surface area contributed by atoms with Gasteiger partial charge in [-0.3, -0.25) is 0 Å². The number of rotatable bonds is 2. The summed E-state index contributed by atoms with van der Waals surface area (Å²) in [7, 11) is 1.59. The van der Waals surface area contributed by atoms with Crippen LogP contribution in [0, 0.1) is 0 Å². The number of halogens is 2. The third-order valence-electron chi connectivity index (χ3n) is 2.08. The second kappa shape index (κ2) is 4.68. The lowest BCUT2D eigenvalue weighted by Crippen LogP contribution is -1.91. The van der Waals surface area contributed by atoms with E-state index in [2.05, 4.69) is 9.97 Å². The van der Waals surface area contributed by atoms with E-state index < -0.39 is 0 Å². The van der Waals surface area contributed by atoms with Crippen molar-refractivity contribution in [3.8, 4) is 17.0 Å². The summed E-state index contributed by atoms with van der Waals surface area (Å²) in [6.07, 6.45) is 2.96. The van der Waals surface area contributed by atoms with Gasteiger partial charge in [-0.2, -0.15) is 0 Å². The van der Waals surface area contributed by atoms with Gasteiger partial charge in [0.15, 0.2) is 0 Å². The van der Waals surface area contributed by atoms with Crippen molar-refractivity contribution in [2.45, 2.75) is 0 Å². The number of hydrogen-bond donors (Lipinski definition) is 0. The molecule has 0 aliphatic rings. The molecule has 16 heavy (non-hydrogen) atoms. The fourth-order valence-corrected chi connectivity index (χ4v) is 1.76. The highest BCUT2D eigenvalue weighted by Crippen LogP contribution is 2.34. The molecule has 0 aliphatic carbocycles. The van der Waals surface area contributed by atoms with Crippen LogP contribution in [0.3, 0.4) is 0 Å². The number of hydrogen-bond acceptors (Lipinski definition) is 3. The molecule has 0 N–H and O–H groups in total. The molecule has 1 heterocycles. The molecule has 0 fully saturated rings. The maximum absolute atomic E-state index is 6.02. The van der Waals surface area contributed by atoms with Crippen LogP contribution in [-0.4, -0.2) is 17.1 Å². The lowest BCUT2D eigenvalue weighted by Gasteiger charge is -2.08. The highest BCUT2D eigenvalue weighted by molar-refractivity contribution is 6.33. The molecular formula is C11H8Cl2N2O. The average Bonchev–Trinajstić information content (AvgIpc) is 2.29. The summed E-state index contributed by atoms with van der Waals surface area (Å²) in [4.78, 5) is 7.95. The number of methoxy groups -OCH3 is 1. The second-order valence-electron chi connectivity index (χ2n) is 3.06. The summed E-state index contributed by atoms with van der Waals surface area (Å²) < 4.78 is 5.23. The molecule has 1 aromatic carbocycles. The number of nitrogens with zero attached hydrogens (tertiary/aromatic N) is 2. The Bertz CT molecular complexity index is 517. The quantitative estimate of drug-likeness (QED) is 0.824. The predicted octanol–water partition coefficient (Wildman–Crippen LogP) is 3.46. The van der Waals surface area contributed by atoms with Gasteiger partial charge in [-0.05, 0) is 18.2 Å². The van der Waals surface area contributed by atoms with Crippen LogP contribution in [-0.2, 0) is 0 Å². The number of ether oxygens (including phenoxy) is 1. The van der Waals surface area contributed by atoms with Crippen LogP contribution < -0.4 is 4.74 Å². The fraction of sp³-hybridized carbons (Fsp3) is 0.0909. The van der Waals surface area contributed by atoms with Crippen molar-refractivity contribution in [1.29, 1.82) is 0 Å². The van der Waals surface area contributed by atoms with E-state index in [9.17, 15) is 0 Å². The van der Waals surface area contributed by atoms with Gasteiger partial charge in [-0.25, -0.2) is 9.97 Å². The zero-order valence-corrected chi connectivity index (χ0v) is 9.96. The van der Waals surface area contributed by atoms with E-state index in [1.165, 1.54) is 12.5 Å². The molecule has 0 amide bonds. The summed E-state index contributed by atoms with van der Waals surface area (Å²) in [5.41, 5.74) is 1.36. The van der Waals surface area contributed by atoms with E-state index in [4.69, 9.17) is 27.9 Å². The summed E-state index contributed by atoms with van der Waals surface area (Å²) in [6.45, 7) is 0. The Morgan fingerprint density at radius 1 is 1.25 bits per heavy atom. The topological polar surface area (TPSA) is 35.0 Å². The fourth-order valence-electron chi connectivity index (χ4n) is 1.38. The predicted molar refractivity (Wildman–Crippen MR) is 64.0 cm³/mol. The summed E-state index contributed by atoms with van der Waals surface area (Å²) in [6, 6.07) is 5.28. The minimum atomic E-state index is 0.461. The van der Waals surface area contributed by atoms with Gasteiger partial charge >= 0.3 is 0 Å². The van der Waals surface area contributed by atoms with Crippen LogP contribution in [0.2, 0.25) is 10.0 Å². The van der Waals surface area contributed by atoms with Crippen molar-refractivity contribution < 1.29 is 4.74 Å². The molecule has 0 bridgehead atoms. The smallest absolute Gasteiger partial charge is 0.128 e. The van der Waals surface area contributed by atoms with Crippen molar-refractivity contribution in [3.05, 3.63) is 40.8 Å². The molecule has 82 valence electrons. The van der Waals surface area contributed by atoms with Gasteiger partial charge in [0, 0.05) is 16.8 Å². The van der Waals surface area contributed by atoms with Gasteiger partial charge in [0.2, 0.25) is 0 Å². The molecule has 5 heteroatoms. The minimum Gasteiger partial charge on any atom is -0.496 e. The molecule has 0 saturated carbocycles. The Morgan fingerprint density at radius 2 is 2.06 bits per heavy atom. The van der Waals surface area contributed by atoms with Gasteiger partial charge in [-0.1, -0.05) is 23.2 Å². The van der Waals surface area contributed by atoms with E-state index in [1.807, 2.05) is 0 Å². The van der Waals surface area contributed by atoms with Crippen molar-refractivity contribution in [2.75, 3.05) is 7.11 Å². The molecule has 1 aromatic heterocycles. The standard InChI is InChI=1S/C11H8Cl2N2O/c1-16-10-3-2-7(12)4-8(10)11-9(13)5-14-6-15-11/h2-6H,1H3. The Balaban J connectivity index is 2.63. The zero-order valence-electron chi connectivity index (χ0n) is 8.45. The highest BCUT2D eigenvalue weighted by atomic mass is 35.5. The number of benzene rings is 1. The van der Waals surface area contributed by atoms with Crippen LogP contribution in [0.4, 0.5) is 0 Å². The second-order valence-corrected chi connectivity index (χ2v) is 3.91. The molecule has 0 aliphatic heterocycles. The van der Waals surface area contributed by atoms with Gasteiger partial charge in [-0.15, -0.1) is 0 Å². The Labute approximate surface area is 103 Å². The van der Waals surface area contributed by atoms with Crippen LogP contribution in [0.15, 0.2) is 30.7 Å². The van der Waals surface area contributed by atoms with Crippen LogP contribution in [0.1, 0.15) is 0 Å². The van der Waals surface area contributed by atoms with E-state index in [0.717, 1.165) is 5.56 Å². The first kappa shape index (κ1) is 11.2. The lowest BCUT2D eigenvalue weighted by molar-refractivity contribution is 0.416. The third-order valence-corrected chi connectivity index (χ3v) is 2.60. The van der Waals surface area contributed by atoms with E-state index in [1.54, 1.807) is 25.3 Å². The maximum atomic E-state index is 6.02. The Hall–Kier alpha value is -1.32. The molecule has 2 rings (SSSR count). The lowest BCUT2D eigenvalue weighted by atomic mass is 10.1. The summed E-state index contributed by atoms with van der Waals surface area (Å²) >= 11 is 12.0. The normalized spacial score (nSPS) is 10.2. The molecule has 0 saturated heterocycles. The third kappa shape index (κ3) is 2.10. The van der Waals surface area contributed by atoms with Crippen molar-refractivity contribution >= 4 is 23.2 Å². The van der Waals surface area contributed by atoms with E-state index in [0.29, 0.717) is 21.5 Å². The van der Waals surface area contributed by atoms with Crippen LogP contribution in [0.25, 0.3) is 11.3 Å². The van der Waals surface area contributed by atoms with Crippen molar-refractivity contribution in [3.63, 3.8) is 0 Å². The average molecular weight is 255 g/mol. The molecule has 3 nitrogen and oxygen atoms in total. The van der Waals surface area contributed by atoms with E-state index in [-0.39, 0.29) is 0 Å². The van der Waals surface area contributed by atoms with Crippen LogP contribution in [0.5, 0.6) is 5.75 Å². The van der Waals surface area contributed by atoms with E-state index >= 15 is 0 Å². The first-order valence-electron chi connectivity index (χ1n) is 4.52. The molecule has 0 radical (unpaired) electrons. The molecule has 0 atom stereocenters. The van der Waals surface area contributed by atoms with Gasteiger partial charge in [0.25, 0.3) is 0 Å². The molecule has 0 unspecified atom stereocenters. The first-order chi connectivity index (χ1) is 7.72. The zero-order chi connectivity index (χ0) is 11.5. The monoisotopic (exact) mass is 254 g/mol. The van der Waals surface area contributed by atoms with Gasteiger partial charge < -0.3 is 4.74 Å². The molecule has 2 aromatic rings. The van der Waals surface area contributed by atoms with Crippen LogP contribution >= 0.6 is 23.2 Å². The van der Waals surface area contributed by atoms with Crippen molar-refractivity contribution in [2.24, 2.45) is 0 Å². The molecular weight excluding hydrogens is 247 g/mol. The first-order valence-corrected chi connectivity index (χ1v) is 5.27. The highest BCUT2D eigenvalue weighted by Gasteiger charge is 2.11. The number of aromatic nitrogens is 2. The Kier molecular flexibility index (Phi) is 3.27. The largest absolute Gasteiger partial charge is 0.496 e.